The summed E-state index contributed by atoms with van der Waals surface area (Å²) in [7, 11) is 1.84. The number of nitriles is 1. The Morgan fingerprint density at radius 2 is 2.35 bits per heavy atom. The van der Waals surface area contributed by atoms with Gasteiger partial charge in [-0.05, 0) is 6.42 Å². The van der Waals surface area contributed by atoms with Gasteiger partial charge in [0.1, 0.15) is 11.9 Å². The van der Waals surface area contributed by atoms with E-state index in [9.17, 15) is 4.79 Å². The number of nitrogens with zero attached hydrogens (tertiary/aromatic N) is 3. The topological polar surface area (TPSA) is 83.0 Å². The smallest absolute Gasteiger partial charge is 0.222 e. The molecule has 0 saturated carbocycles. The summed E-state index contributed by atoms with van der Waals surface area (Å²) in [4.78, 5) is 15.9. The summed E-state index contributed by atoms with van der Waals surface area (Å²) in [6.07, 6.45) is 3.16. The van der Waals surface area contributed by atoms with Gasteiger partial charge < -0.3 is 10.6 Å². The van der Waals surface area contributed by atoms with Crippen LogP contribution in [0.15, 0.2) is 12.3 Å². The highest BCUT2D eigenvalue weighted by Gasteiger charge is 2.14. The van der Waals surface area contributed by atoms with Gasteiger partial charge in [-0.2, -0.15) is 5.26 Å². The number of nitrogens with two attached hydrogens (primary N) is 1. The number of anilines is 1. The van der Waals surface area contributed by atoms with Crippen LogP contribution < -0.4 is 5.73 Å². The van der Waals surface area contributed by atoms with Crippen molar-refractivity contribution in [1.29, 1.82) is 5.26 Å². The van der Waals surface area contributed by atoms with E-state index in [1.165, 1.54) is 12.3 Å². The molecule has 1 amide bonds. The Morgan fingerprint density at radius 1 is 1.65 bits per heavy atom. The van der Waals surface area contributed by atoms with Gasteiger partial charge in [0, 0.05) is 32.3 Å². The average Bonchev–Trinajstić information content (AvgIpc) is 2.64. The Kier molecular flexibility index (Phi) is 4.73. The standard InChI is InChI=1S/C6H4ClN3.C5H9NO/c7-5-1-6(9)10-3-4(5)2-8;1-6-4-2-3-5(6)7/h1,3H,(H2,9,10);2-4H2,1H3. The Morgan fingerprint density at radius 3 is 2.71 bits per heavy atom. The third kappa shape index (κ3) is 3.93. The third-order valence-electron chi connectivity index (χ3n) is 2.31. The Hall–Kier alpha value is -1.80. The number of carbonyl (C=O) groups excluding carboxylic acids is 1. The first kappa shape index (κ1) is 13.3. The molecule has 17 heavy (non-hydrogen) atoms. The molecule has 2 rings (SSSR count). The SMILES string of the molecule is CN1CCCC1=O.N#Cc1cnc(N)cc1Cl. The molecule has 1 aromatic rings. The molecule has 5 nitrogen and oxygen atoms in total. The molecule has 1 aliphatic rings. The number of nitrogen functional groups attached to an aromatic ring is 1. The Labute approximate surface area is 105 Å². The van der Waals surface area contributed by atoms with E-state index < -0.39 is 0 Å². The number of aromatic nitrogens is 1. The average molecular weight is 253 g/mol. The van der Waals surface area contributed by atoms with Crippen LogP contribution in [0.1, 0.15) is 18.4 Å². The predicted octanol–water partition coefficient (Wildman–Crippen LogP) is 1.43. The van der Waals surface area contributed by atoms with Crippen molar-refractivity contribution in [2.45, 2.75) is 12.8 Å². The highest BCUT2D eigenvalue weighted by Crippen LogP contribution is 2.14. The summed E-state index contributed by atoms with van der Waals surface area (Å²) in [5, 5.41) is 8.74. The molecule has 0 spiro atoms. The highest BCUT2D eigenvalue weighted by atomic mass is 35.5. The number of halogens is 1. The molecule has 1 aliphatic heterocycles. The quantitative estimate of drug-likeness (QED) is 0.757. The van der Waals surface area contributed by atoms with E-state index in [0.717, 1.165) is 19.4 Å². The van der Waals surface area contributed by atoms with Crippen molar-refractivity contribution >= 4 is 23.3 Å². The highest BCUT2D eigenvalue weighted by molar-refractivity contribution is 6.31. The zero-order valence-corrected chi connectivity index (χ0v) is 10.2. The van der Waals surface area contributed by atoms with Gasteiger partial charge in [0.15, 0.2) is 0 Å². The number of rotatable bonds is 0. The van der Waals surface area contributed by atoms with Gasteiger partial charge in [-0.1, -0.05) is 11.6 Å². The molecule has 0 aliphatic carbocycles. The van der Waals surface area contributed by atoms with Crippen molar-refractivity contribution in [2.24, 2.45) is 0 Å². The first-order chi connectivity index (χ1) is 8.04. The maximum atomic E-state index is 10.5. The molecule has 2 heterocycles. The van der Waals surface area contributed by atoms with Crippen molar-refractivity contribution in [3.05, 3.63) is 22.8 Å². The molecule has 0 unspecified atom stereocenters. The second kappa shape index (κ2) is 6.06. The molecular formula is C11H13ClN4O. The van der Waals surface area contributed by atoms with Crippen LogP contribution in [0, 0.1) is 11.3 Å². The molecule has 90 valence electrons. The van der Waals surface area contributed by atoms with Crippen LogP contribution in [0.2, 0.25) is 5.02 Å². The van der Waals surface area contributed by atoms with Gasteiger partial charge in [-0.3, -0.25) is 4.79 Å². The van der Waals surface area contributed by atoms with E-state index in [0.29, 0.717) is 22.3 Å². The lowest BCUT2D eigenvalue weighted by Crippen LogP contribution is -2.17. The lowest BCUT2D eigenvalue weighted by Gasteiger charge is -2.03. The second-order valence-corrected chi connectivity index (χ2v) is 4.03. The van der Waals surface area contributed by atoms with E-state index in [2.05, 4.69) is 4.98 Å². The molecule has 0 aromatic carbocycles. The van der Waals surface area contributed by atoms with Crippen LogP contribution in [0.5, 0.6) is 0 Å². The van der Waals surface area contributed by atoms with Gasteiger partial charge in [0.2, 0.25) is 5.91 Å². The predicted molar refractivity (Wildman–Crippen MR) is 65.2 cm³/mol. The number of likely N-dealkylation sites (tertiary alicyclic amines) is 1. The Bertz CT molecular complexity index is 455. The van der Waals surface area contributed by atoms with E-state index >= 15 is 0 Å². The molecule has 0 radical (unpaired) electrons. The minimum atomic E-state index is 0.292. The minimum absolute atomic E-state index is 0.292. The van der Waals surface area contributed by atoms with Gasteiger partial charge >= 0.3 is 0 Å². The maximum absolute atomic E-state index is 10.5. The normalized spacial score (nSPS) is 13.9. The van der Waals surface area contributed by atoms with E-state index in [1.807, 2.05) is 13.1 Å². The zero-order chi connectivity index (χ0) is 12.8. The van der Waals surface area contributed by atoms with Gasteiger partial charge in [0.05, 0.1) is 10.6 Å². The van der Waals surface area contributed by atoms with E-state index in [1.54, 1.807) is 4.90 Å². The molecule has 1 aromatic heterocycles. The number of amides is 1. The lowest BCUT2D eigenvalue weighted by atomic mass is 10.3. The van der Waals surface area contributed by atoms with Crippen molar-refractivity contribution in [1.82, 2.24) is 9.88 Å². The van der Waals surface area contributed by atoms with Crippen LogP contribution in [-0.2, 0) is 4.79 Å². The van der Waals surface area contributed by atoms with Gasteiger partial charge in [0.25, 0.3) is 0 Å². The summed E-state index contributed by atoms with van der Waals surface area (Å²) in [6.45, 7) is 0.957. The van der Waals surface area contributed by atoms with Gasteiger partial charge in [-0.25, -0.2) is 4.98 Å². The lowest BCUT2D eigenvalue weighted by molar-refractivity contribution is -0.126. The summed E-state index contributed by atoms with van der Waals surface area (Å²) < 4.78 is 0. The monoisotopic (exact) mass is 252 g/mol. The molecule has 0 atom stereocenters. The van der Waals surface area contributed by atoms with Crippen LogP contribution in [-0.4, -0.2) is 29.4 Å². The maximum Gasteiger partial charge on any atom is 0.222 e. The third-order valence-corrected chi connectivity index (χ3v) is 2.62. The van der Waals surface area contributed by atoms with Crippen LogP contribution >= 0.6 is 11.6 Å². The van der Waals surface area contributed by atoms with Crippen molar-refractivity contribution < 1.29 is 4.79 Å². The fraction of sp³-hybridized carbons (Fsp3) is 0.364. The minimum Gasteiger partial charge on any atom is -0.384 e. The largest absolute Gasteiger partial charge is 0.384 e. The summed E-state index contributed by atoms with van der Waals surface area (Å²) >= 11 is 5.59. The fourth-order valence-electron chi connectivity index (χ4n) is 1.31. The van der Waals surface area contributed by atoms with Crippen LogP contribution in [0.4, 0.5) is 5.82 Å². The van der Waals surface area contributed by atoms with E-state index in [4.69, 9.17) is 22.6 Å². The molecule has 6 heteroatoms. The molecule has 1 saturated heterocycles. The van der Waals surface area contributed by atoms with Crippen LogP contribution in [0.25, 0.3) is 0 Å². The molecule has 2 N–H and O–H groups in total. The molecule has 0 bridgehead atoms. The number of carbonyl (C=O) groups is 1. The fourth-order valence-corrected chi connectivity index (χ4v) is 1.51. The van der Waals surface area contributed by atoms with E-state index in [-0.39, 0.29) is 0 Å². The first-order valence-electron chi connectivity index (χ1n) is 5.09. The number of hydrogen-bond acceptors (Lipinski definition) is 4. The number of hydrogen-bond donors (Lipinski definition) is 1. The van der Waals surface area contributed by atoms with Crippen LogP contribution in [0.3, 0.4) is 0 Å². The molecule has 1 fully saturated rings. The van der Waals surface area contributed by atoms with Gasteiger partial charge in [-0.15, -0.1) is 0 Å². The number of pyridine rings is 1. The molecular weight excluding hydrogens is 240 g/mol. The van der Waals surface area contributed by atoms with Crippen molar-refractivity contribution in [3.8, 4) is 6.07 Å². The summed E-state index contributed by atoms with van der Waals surface area (Å²) in [6, 6.07) is 3.32. The summed E-state index contributed by atoms with van der Waals surface area (Å²) in [5.74, 6) is 0.615. The second-order valence-electron chi connectivity index (χ2n) is 3.62. The first-order valence-corrected chi connectivity index (χ1v) is 5.47. The van der Waals surface area contributed by atoms with Crippen molar-refractivity contribution in [3.63, 3.8) is 0 Å². The Balaban J connectivity index is 0.000000181. The summed E-state index contributed by atoms with van der Waals surface area (Å²) in [5.41, 5.74) is 5.62. The van der Waals surface area contributed by atoms with Crippen molar-refractivity contribution in [2.75, 3.05) is 19.3 Å². The zero-order valence-electron chi connectivity index (χ0n) is 9.48.